The molecule has 17 heavy (non-hydrogen) atoms. The van der Waals surface area contributed by atoms with Crippen LogP contribution in [-0.2, 0) is 4.74 Å². The van der Waals surface area contributed by atoms with E-state index in [1.54, 1.807) is 18.0 Å². The van der Waals surface area contributed by atoms with Gasteiger partial charge in [0, 0.05) is 19.6 Å². The number of hydrogen-bond acceptors (Lipinski definition) is 4. The quantitative estimate of drug-likeness (QED) is 0.714. The molecular formula is C12H20N2O3. The van der Waals surface area contributed by atoms with Crippen LogP contribution in [0.25, 0.3) is 0 Å². The molecule has 5 nitrogen and oxygen atoms in total. The predicted octanol–water partition coefficient (Wildman–Crippen LogP) is 2.08. The third-order valence-electron chi connectivity index (χ3n) is 2.61. The summed E-state index contributed by atoms with van der Waals surface area (Å²) in [5.74, 6) is 0.509. The third kappa shape index (κ3) is 3.06. The number of ketones is 1. The summed E-state index contributed by atoms with van der Waals surface area (Å²) in [6.45, 7) is 5.81. The molecule has 1 rings (SSSR count). The van der Waals surface area contributed by atoms with E-state index in [0.717, 1.165) is 0 Å². The average Bonchev–Trinajstić information content (AvgIpc) is 2.72. The lowest BCUT2D eigenvalue weighted by atomic mass is 10.1. The van der Waals surface area contributed by atoms with Crippen LogP contribution in [0.15, 0.2) is 6.20 Å². The summed E-state index contributed by atoms with van der Waals surface area (Å²) in [4.78, 5) is 12.2. The number of nitrogens with zero attached hydrogens (tertiary/aromatic N) is 2. The van der Waals surface area contributed by atoms with Gasteiger partial charge in [-0.3, -0.25) is 9.48 Å². The molecule has 0 fully saturated rings. The Hall–Kier alpha value is -1.36. The molecule has 0 spiro atoms. The van der Waals surface area contributed by atoms with Crippen LogP contribution < -0.4 is 4.74 Å². The Labute approximate surface area is 102 Å². The Morgan fingerprint density at radius 2 is 2.06 bits per heavy atom. The standard InChI is InChI=1S/C12H20N2O3/c1-8(2)14-12(11(17-5)7-13-14)10(15)6-9(3)16-4/h7-9H,6H2,1-5H3. The van der Waals surface area contributed by atoms with E-state index in [-0.39, 0.29) is 17.9 Å². The van der Waals surface area contributed by atoms with E-state index in [2.05, 4.69) is 5.10 Å². The van der Waals surface area contributed by atoms with Gasteiger partial charge in [0.2, 0.25) is 0 Å². The minimum absolute atomic E-state index is 0.0117. The first-order valence-corrected chi connectivity index (χ1v) is 5.68. The number of rotatable bonds is 6. The van der Waals surface area contributed by atoms with Crippen molar-refractivity contribution in [3.8, 4) is 5.75 Å². The number of Topliss-reactive ketones (excluding diaryl/α,β-unsaturated/α-hetero) is 1. The predicted molar refractivity (Wildman–Crippen MR) is 64.6 cm³/mol. The SMILES string of the molecule is COc1cnn(C(C)C)c1C(=O)CC(C)OC. The summed E-state index contributed by atoms with van der Waals surface area (Å²) in [5.41, 5.74) is 0.520. The number of carbonyl (C=O) groups excluding carboxylic acids is 1. The Morgan fingerprint density at radius 3 is 2.53 bits per heavy atom. The number of aromatic nitrogens is 2. The van der Waals surface area contributed by atoms with E-state index >= 15 is 0 Å². The summed E-state index contributed by atoms with van der Waals surface area (Å²) in [6, 6.07) is 0.121. The van der Waals surface area contributed by atoms with Gasteiger partial charge in [0.25, 0.3) is 0 Å². The van der Waals surface area contributed by atoms with Crippen molar-refractivity contribution in [1.82, 2.24) is 9.78 Å². The van der Waals surface area contributed by atoms with Crippen LogP contribution in [0.4, 0.5) is 0 Å². The lowest BCUT2D eigenvalue weighted by Crippen LogP contribution is -2.18. The van der Waals surface area contributed by atoms with Crippen LogP contribution in [-0.4, -0.2) is 35.9 Å². The van der Waals surface area contributed by atoms with Crippen LogP contribution in [0.1, 0.15) is 43.7 Å². The summed E-state index contributed by atoms with van der Waals surface area (Å²) < 4.78 is 12.0. The lowest BCUT2D eigenvalue weighted by Gasteiger charge is -2.13. The number of hydrogen-bond donors (Lipinski definition) is 0. The lowest BCUT2D eigenvalue weighted by molar-refractivity contribution is 0.0779. The summed E-state index contributed by atoms with van der Waals surface area (Å²) in [7, 11) is 3.13. The molecule has 0 aliphatic carbocycles. The molecule has 0 saturated heterocycles. The number of ether oxygens (including phenoxy) is 2. The molecular weight excluding hydrogens is 220 g/mol. The molecule has 0 amide bonds. The van der Waals surface area contributed by atoms with E-state index in [4.69, 9.17) is 9.47 Å². The largest absolute Gasteiger partial charge is 0.493 e. The van der Waals surface area contributed by atoms with Gasteiger partial charge in [0.15, 0.2) is 11.5 Å². The van der Waals surface area contributed by atoms with Gasteiger partial charge in [0.1, 0.15) is 5.69 Å². The van der Waals surface area contributed by atoms with Crippen LogP contribution in [0.3, 0.4) is 0 Å². The van der Waals surface area contributed by atoms with Gasteiger partial charge >= 0.3 is 0 Å². The van der Waals surface area contributed by atoms with E-state index in [0.29, 0.717) is 17.9 Å². The molecule has 1 unspecified atom stereocenters. The Bertz CT molecular complexity index is 385. The highest BCUT2D eigenvalue weighted by Gasteiger charge is 2.22. The maximum absolute atomic E-state index is 12.2. The van der Waals surface area contributed by atoms with Gasteiger partial charge in [-0.05, 0) is 20.8 Å². The molecule has 0 N–H and O–H groups in total. The van der Waals surface area contributed by atoms with Gasteiger partial charge in [-0.15, -0.1) is 0 Å². The molecule has 1 aromatic heterocycles. The first kappa shape index (κ1) is 13.7. The highest BCUT2D eigenvalue weighted by Crippen LogP contribution is 2.23. The molecule has 1 atom stereocenters. The second-order valence-corrected chi connectivity index (χ2v) is 4.27. The van der Waals surface area contributed by atoms with Crippen molar-refractivity contribution in [1.29, 1.82) is 0 Å². The van der Waals surface area contributed by atoms with Crippen LogP contribution in [0.5, 0.6) is 5.75 Å². The van der Waals surface area contributed by atoms with Gasteiger partial charge in [0.05, 0.1) is 19.4 Å². The minimum Gasteiger partial charge on any atom is -0.493 e. The Kier molecular flexibility index (Phi) is 4.69. The van der Waals surface area contributed by atoms with E-state index < -0.39 is 0 Å². The molecule has 0 radical (unpaired) electrons. The molecule has 1 heterocycles. The van der Waals surface area contributed by atoms with E-state index in [9.17, 15) is 4.79 Å². The maximum Gasteiger partial charge on any atom is 0.187 e. The molecule has 0 aliphatic rings. The second kappa shape index (κ2) is 5.82. The number of carbonyl (C=O) groups is 1. The first-order chi connectivity index (χ1) is 8.01. The van der Waals surface area contributed by atoms with Crippen LogP contribution >= 0.6 is 0 Å². The fraction of sp³-hybridized carbons (Fsp3) is 0.667. The molecule has 96 valence electrons. The fourth-order valence-corrected chi connectivity index (χ4v) is 1.59. The summed E-state index contributed by atoms with van der Waals surface area (Å²) in [5, 5.41) is 4.17. The average molecular weight is 240 g/mol. The Balaban J connectivity index is 3.01. The Morgan fingerprint density at radius 1 is 1.41 bits per heavy atom. The highest BCUT2D eigenvalue weighted by atomic mass is 16.5. The van der Waals surface area contributed by atoms with E-state index in [1.807, 2.05) is 20.8 Å². The van der Waals surface area contributed by atoms with Gasteiger partial charge < -0.3 is 9.47 Å². The van der Waals surface area contributed by atoms with Crippen LogP contribution in [0.2, 0.25) is 0 Å². The van der Waals surface area contributed by atoms with E-state index in [1.165, 1.54) is 7.11 Å². The monoisotopic (exact) mass is 240 g/mol. The van der Waals surface area contributed by atoms with Gasteiger partial charge in [-0.1, -0.05) is 0 Å². The molecule has 0 aromatic carbocycles. The molecule has 5 heteroatoms. The summed E-state index contributed by atoms with van der Waals surface area (Å²) in [6.07, 6.45) is 1.79. The zero-order valence-electron chi connectivity index (χ0n) is 11.1. The topological polar surface area (TPSA) is 53.4 Å². The van der Waals surface area contributed by atoms with Gasteiger partial charge in [-0.25, -0.2) is 0 Å². The second-order valence-electron chi connectivity index (χ2n) is 4.27. The molecule has 0 aliphatic heterocycles. The number of methoxy groups -OCH3 is 2. The van der Waals surface area contributed by atoms with Crippen molar-refractivity contribution in [3.05, 3.63) is 11.9 Å². The maximum atomic E-state index is 12.2. The molecule has 0 bridgehead atoms. The van der Waals surface area contributed by atoms with Crippen molar-refractivity contribution in [2.75, 3.05) is 14.2 Å². The smallest absolute Gasteiger partial charge is 0.187 e. The molecule has 0 saturated carbocycles. The highest BCUT2D eigenvalue weighted by molar-refractivity contribution is 5.97. The van der Waals surface area contributed by atoms with Crippen molar-refractivity contribution in [2.24, 2.45) is 0 Å². The first-order valence-electron chi connectivity index (χ1n) is 5.68. The van der Waals surface area contributed by atoms with Gasteiger partial charge in [-0.2, -0.15) is 5.10 Å². The normalized spacial score (nSPS) is 12.8. The van der Waals surface area contributed by atoms with Crippen molar-refractivity contribution in [2.45, 2.75) is 39.3 Å². The van der Waals surface area contributed by atoms with Crippen molar-refractivity contribution in [3.63, 3.8) is 0 Å². The third-order valence-corrected chi connectivity index (χ3v) is 2.61. The van der Waals surface area contributed by atoms with Crippen molar-refractivity contribution < 1.29 is 14.3 Å². The zero-order chi connectivity index (χ0) is 13.0. The fourth-order valence-electron chi connectivity index (χ4n) is 1.59. The summed E-state index contributed by atoms with van der Waals surface area (Å²) >= 11 is 0. The molecule has 1 aromatic rings. The van der Waals surface area contributed by atoms with Crippen molar-refractivity contribution >= 4 is 5.78 Å². The zero-order valence-corrected chi connectivity index (χ0v) is 11.1. The minimum atomic E-state index is -0.109. The van der Waals surface area contributed by atoms with Crippen LogP contribution in [0, 0.1) is 0 Å².